The Labute approximate surface area is 161 Å². The third-order valence-corrected chi connectivity index (χ3v) is 4.19. The largest absolute Gasteiger partial charge is 0.348 e. The normalized spacial score (nSPS) is 10.6. The van der Waals surface area contributed by atoms with Crippen molar-refractivity contribution >= 4 is 17.5 Å². The molecule has 0 saturated heterocycles. The quantitative estimate of drug-likeness (QED) is 0.673. The van der Waals surface area contributed by atoms with Gasteiger partial charge in [0.15, 0.2) is 0 Å². The first-order chi connectivity index (χ1) is 13.1. The van der Waals surface area contributed by atoms with Crippen LogP contribution in [0.1, 0.15) is 42.6 Å². The highest BCUT2D eigenvalue weighted by Crippen LogP contribution is 2.15. The van der Waals surface area contributed by atoms with Crippen molar-refractivity contribution < 1.29 is 9.59 Å². The second kappa shape index (κ2) is 11.1. The fourth-order valence-electron chi connectivity index (χ4n) is 2.96. The van der Waals surface area contributed by atoms with Gasteiger partial charge in [-0.3, -0.25) is 14.5 Å². The van der Waals surface area contributed by atoms with Crippen molar-refractivity contribution in [2.45, 2.75) is 33.2 Å². The van der Waals surface area contributed by atoms with E-state index in [0.717, 1.165) is 31.5 Å². The fourth-order valence-corrected chi connectivity index (χ4v) is 2.96. The fraction of sp³-hybridized carbons (Fsp3) is 0.364. The molecule has 0 unspecified atom stereocenters. The molecule has 144 valence electrons. The number of nitrogens with zero attached hydrogens (tertiary/aromatic N) is 1. The predicted octanol–water partition coefficient (Wildman–Crippen LogP) is 3.68. The summed E-state index contributed by atoms with van der Waals surface area (Å²) >= 11 is 0. The molecular formula is C22H29N3O2. The molecule has 0 heterocycles. The van der Waals surface area contributed by atoms with Gasteiger partial charge in [0.2, 0.25) is 5.91 Å². The van der Waals surface area contributed by atoms with Crippen molar-refractivity contribution in [3.8, 4) is 0 Å². The van der Waals surface area contributed by atoms with E-state index in [1.807, 2.05) is 36.4 Å². The molecule has 0 radical (unpaired) electrons. The SMILES string of the molecule is CCCN(CCC)CC(=O)Nc1ccccc1C(=O)NCc1ccccc1. The van der Waals surface area contributed by atoms with Crippen LogP contribution in [0.3, 0.4) is 0 Å². The minimum absolute atomic E-state index is 0.0970. The molecule has 0 spiro atoms. The number of hydrogen-bond acceptors (Lipinski definition) is 3. The molecule has 2 amide bonds. The van der Waals surface area contributed by atoms with Gasteiger partial charge in [-0.15, -0.1) is 0 Å². The summed E-state index contributed by atoms with van der Waals surface area (Å²) in [6, 6.07) is 16.9. The molecule has 5 heteroatoms. The number of carbonyl (C=O) groups excluding carboxylic acids is 2. The zero-order valence-corrected chi connectivity index (χ0v) is 16.2. The highest BCUT2D eigenvalue weighted by Gasteiger charge is 2.14. The Hall–Kier alpha value is -2.66. The summed E-state index contributed by atoms with van der Waals surface area (Å²) in [6.07, 6.45) is 2.01. The molecule has 0 aliphatic carbocycles. The van der Waals surface area contributed by atoms with Crippen molar-refractivity contribution in [2.24, 2.45) is 0 Å². The van der Waals surface area contributed by atoms with E-state index in [1.165, 1.54) is 0 Å². The molecule has 2 aromatic carbocycles. The van der Waals surface area contributed by atoms with E-state index in [-0.39, 0.29) is 11.8 Å². The van der Waals surface area contributed by atoms with Crippen LogP contribution in [-0.2, 0) is 11.3 Å². The summed E-state index contributed by atoms with van der Waals surface area (Å²) in [5, 5.41) is 5.81. The Morgan fingerprint density at radius 2 is 1.52 bits per heavy atom. The van der Waals surface area contributed by atoms with Crippen LogP contribution in [0.25, 0.3) is 0 Å². The lowest BCUT2D eigenvalue weighted by molar-refractivity contribution is -0.117. The predicted molar refractivity (Wildman–Crippen MR) is 110 cm³/mol. The minimum Gasteiger partial charge on any atom is -0.348 e. The average Bonchev–Trinajstić information content (AvgIpc) is 2.67. The summed E-state index contributed by atoms with van der Waals surface area (Å²) in [4.78, 5) is 27.1. The lowest BCUT2D eigenvalue weighted by atomic mass is 10.1. The van der Waals surface area contributed by atoms with Gasteiger partial charge in [-0.1, -0.05) is 56.3 Å². The van der Waals surface area contributed by atoms with Crippen molar-refractivity contribution in [3.05, 3.63) is 65.7 Å². The maximum Gasteiger partial charge on any atom is 0.253 e. The Morgan fingerprint density at radius 3 is 2.19 bits per heavy atom. The van der Waals surface area contributed by atoms with Gasteiger partial charge in [0.25, 0.3) is 5.91 Å². The van der Waals surface area contributed by atoms with E-state index in [0.29, 0.717) is 24.3 Å². The molecular weight excluding hydrogens is 338 g/mol. The first kappa shape index (κ1) is 20.6. The van der Waals surface area contributed by atoms with E-state index >= 15 is 0 Å². The van der Waals surface area contributed by atoms with Crippen LogP contribution in [0.15, 0.2) is 54.6 Å². The minimum atomic E-state index is -0.200. The van der Waals surface area contributed by atoms with Crippen LogP contribution < -0.4 is 10.6 Å². The second-order valence-electron chi connectivity index (χ2n) is 6.54. The Kier molecular flexibility index (Phi) is 8.52. The van der Waals surface area contributed by atoms with Gasteiger partial charge in [-0.05, 0) is 43.6 Å². The molecule has 0 aliphatic rings. The van der Waals surface area contributed by atoms with E-state index in [4.69, 9.17) is 0 Å². The first-order valence-corrected chi connectivity index (χ1v) is 9.57. The molecule has 27 heavy (non-hydrogen) atoms. The van der Waals surface area contributed by atoms with Crippen molar-refractivity contribution in [1.82, 2.24) is 10.2 Å². The average molecular weight is 367 g/mol. The molecule has 0 saturated carbocycles. The smallest absolute Gasteiger partial charge is 0.253 e. The van der Waals surface area contributed by atoms with Crippen LogP contribution in [-0.4, -0.2) is 36.3 Å². The molecule has 0 aliphatic heterocycles. The summed E-state index contributed by atoms with van der Waals surface area (Å²) < 4.78 is 0. The zero-order valence-electron chi connectivity index (χ0n) is 16.2. The second-order valence-corrected chi connectivity index (χ2v) is 6.54. The number of nitrogens with one attached hydrogen (secondary N) is 2. The Bertz CT molecular complexity index is 725. The summed E-state index contributed by atoms with van der Waals surface area (Å²) in [7, 11) is 0. The molecule has 2 N–H and O–H groups in total. The van der Waals surface area contributed by atoms with Gasteiger partial charge in [-0.25, -0.2) is 0 Å². The molecule has 0 fully saturated rings. The van der Waals surface area contributed by atoms with Crippen LogP contribution in [0.5, 0.6) is 0 Å². The molecule has 2 rings (SSSR count). The molecule has 0 atom stereocenters. The number of amides is 2. The zero-order chi connectivity index (χ0) is 19.5. The molecule has 0 aromatic heterocycles. The van der Waals surface area contributed by atoms with E-state index in [2.05, 4.69) is 29.4 Å². The molecule has 2 aromatic rings. The topological polar surface area (TPSA) is 61.4 Å². The number of anilines is 1. The highest BCUT2D eigenvalue weighted by atomic mass is 16.2. The van der Waals surface area contributed by atoms with Gasteiger partial charge in [0.05, 0.1) is 17.8 Å². The maximum atomic E-state index is 12.6. The van der Waals surface area contributed by atoms with Crippen molar-refractivity contribution in [2.75, 3.05) is 25.0 Å². The number of hydrogen-bond donors (Lipinski definition) is 2. The maximum absolute atomic E-state index is 12.6. The van der Waals surface area contributed by atoms with Crippen LogP contribution >= 0.6 is 0 Å². The van der Waals surface area contributed by atoms with Gasteiger partial charge in [0.1, 0.15) is 0 Å². The van der Waals surface area contributed by atoms with Gasteiger partial charge >= 0.3 is 0 Å². The van der Waals surface area contributed by atoms with Gasteiger partial charge < -0.3 is 10.6 Å². The Morgan fingerprint density at radius 1 is 0.889 bits per heavy atom. The van der Waals surface area contributed by atoms with Gasteiger partial charge in [0, 0.05) is 6.54 Å². The number of benzene rings is 2. The van der Waals surface area contributed by atoms with Crippen LogP contribution in [0.4, 0.5) is 5.69 Å². The summed E-state index contributed by atoms with van der Waals surface area (Å²) in [6.45, 7) is 6.77. The highest BCUT2D eigenvalue weighted by molar-refractivity contribution is 6.04. The summed E-state index contributed by atoms with van der Waals surface area (Å²) in [5.74, 6) is -0.297. The molecule has 0 bridgehead atoms. The standard InChI is InChI=1S/C22H29N3O2/c1-3-14-25(15-4-2)17-21(26)24-20-13-9-8-12-19(20)22(27)23-16-18-10-6-5-7-11-18/h5-13H,3-4,14-17H2,1-2H3,(H,23,27)(H,24,26). The van der Waals surface area contributed by atoms with E-state index in [9.17, 15) is 9.59 Å². The number of para-hydroxylation sites is 1. The van der Waals surface area contributed by atoms with Crippen LogP contribution in [0, 0.1) is 0 Å². The van der Waals surface area contributed by atoms with E-state index in [1.54, 1.807) is 18.2 Å². The first-order valence-electron chi connectivity index (χ1n) is 9.57. The number of rotatable bonds is 10. The molecule has 5 nitrogen and oxygen atoms in total. The summed E-state index contributed by atoms with van der Waals surface area (Å²) in [5.41, 5.74) is 2.04. The third-order valence-electron chi connectivity index (χ3n) is 4.19. The number of carbonyl (C=O) groups is 2. The van der Waals surface area contributed by atoms with Crippen molar-refractivity contribution in [3.63, 3.8) is 0 Å². The monoisotopic (exact) mass is 367 g/mol. The van der Waals surface area contributed by atoms with Crippen molar-refractivity contribution in [1.29, 1.82) is 0 Å². The lowest BCUT2D eigenvalue weighted by Crippen LogP contribution is -2.35. The lowest BCUT2D eigenvalue weighted by Gasteiger charge is -2.20. The van der Waals surface area contributed by atoms with Gasteiger partial charge in [-0.2, -0.15) is 0 Å². The van der Waals surface area contributed by atoms with Crippen LogP contribution in [0.2, 0.25) is 0 Å². The third kappa shape index (κ3) is 6.87. The Balaban J connectivity index is 1.99. The van der Waals surface area contributed by atoms with E-state index < -0.39 is 0 Å².